The number of rotatable bonds is 3. The van der Waals surface area contributed by atoms with Gasteiger partial charge >= 0.3 is 6.03 Å². The van der Waals surface area contributed by atoms with E-state index in [0.29, 0.717) is 30.1 Å². The number of fused-ring (bicyclic) bond motifs is 2. The average molecular weight is 417 g/mol. The molecule has 2 aliphatic rings. The Morgan fingerprint density at radius 3 is 2.72 bits per heavy atom. The van der Waals surface area contributed by atoms with E-state index >= 15 is 0 Å². The normalized spacial score (nSPS) is 20.5. The van der Waals surface area contributed by atoms with Crippen molar-refractivity contribution in [3.63, 3.8) is 0 Å². The molecule has 1 atom stereocenters. The molecule has 4 rings (SSSR count). The monoisotopic (exact) mass is 417 g/mol. The highest BCUT2D eigenvalue weighted by atomic mass is 32.2. The van der Waals surface area contributed by atoms with Crippen molar-refractivity contribution in [1.29, 1.82) is 0 Å². The zero-order valence-corrected chi connectivity index (χ0v) is 17.0. The van der Waals surface area contributed by atoms with E-state index in [9.17, 15) is 18.4 Å². The summed E-state index contributed by atoms with van der Waals surface area (Å²) in [7, 11) is 0. The number of aryl methyl sites for hydroxylation is 1. The van der Waals surface area contributed by atoms with Crippen LogP contribution in [0.1, 0.15) is 23.6 Å². The molecule has 2 heterocycles. The van der Waals surface area contributed by atoms with Crippen molar-refractivity contribution < 1.29 is 18.4 Å². The Morgan fingerprint density at radius 2 is 2.00 bits per heavy atom. The van der Waals surface area contributed by atoms with Crippen LogP contribution in [0.3, 0.4) is 0 Å². The topological polar surface area (TPSA) is 52.7 Å². The number of urea groups is 1. The van der Waals surface area contributed by atoms with Gasteiger partial charge in [-0.2, -0.15) is 0 Å². The number of anilines is 1. The van der Waals surface area contributed by atoms with Crippen molar-refractivity contribution in [2.75, 3.05) is 23.7 Å². The number of amides is 3. The Morgan fingerprint density at radius 1 is 1.21 bits per heavy atom. The Hall–Kier alpha value is -2.61. The Labute approximate surface area is 172 Å². The molecule has 1 fully saturated rings. The molecule has 152 valence electrons. The van der Waals surface area contributed by atoms with Crippen LogP contribution in [0.4, 0.5) is 19.3 Å². The summed E-state index contributed by atoms with van der Waals surface area (Å²) in [5, 5.41) is 2.79. The lowest BCUT2D eigenvalue weighted by atomic mass is 10.0. The van der Waals surface area contributed by atoms with Gasteiger partial charge in [0.2, 0.25) is 0 Å². The third-order valence-corrected chi connectivity index (χ3v) is 6.67. The van der Waals surface area contributed by atoms with Gasteiger partial charge in [-0.1, -0.05) is 23.8 Å². The van der Waals surface area contributed by atoms with Crippen LogP contribution in [0.2, 0.25) is 0 Å². The van der Waals surface area contributed by atoms with E-state index in [1.165, 1.54) is 17.8 Å². The van der Waals surface area contributed by atoms with Gasteiger partial charge in [-0.3, -0.25) is 9.69 Å². The average Bonchev–Trinajstić information content (AvgIpc) is 3.22. The van der Waals surface area contributed by atoms with E-state index in [2.05, 4.69) is 5.32 Å². The van der Waals surface area contributed by atoms with Crippen molar-refractivity contribution >= 4 is 29.4 Å². The largest absolute Gasteiger partial charge is 0.338 e. The number of nitrogens with one attached hydrogen (secondary N) is 1. The van der Waals surface area contributed by atoms with Gasteiger partial charge in [0.05, 0.1) is 12.2 Å². The fraction of sp³-hybridized carbons (Fsp3) is 0.333. The first-order chi connectivity index (χ1) is 13.9. The van der Waals surface area contributed by atoms with E-state index in [4.69, 9.17) is 0 Å². The molecule has 0 saturated carbocycles. The summed E-state index contributed by atoms with van der Waals surface area (Å²) in [6.07, 6.45) is 0. The molecule has 1 saturated heterocycles. The van der Waals surface area contributed by atoms with Crippen LogP contribution in [-0.4, -0.2) is 35.7 Å². The molecule has 2 aromatic carbocycles. The van der Waals surface area contributed by atoms with E-state index in [1.54, 1.807) is 9.80 Å². The number of carbonyl (C=O) groups excluding carboxylic acids is 2. The summed E-state index contributed by atoms with van der Waals surface area (Å²) >= 11 is 1.43. The standard InChI is InChI=1S/C21H21F2N3O2S/c1-3-24-20(28)26-8-9-29-21(26)15-10-13(2)4-7-18(15)25(19(21)27)12-14-5-6-16(22)17(23)11-14/h4-7,10-11H,3,8-9,12H2,1-2H3,(H,24,28)/t21-/m0/s1. The molecule has 5 nitrogen and oxygen atoms in total. The van der Waals surface area contributed by atoms with Crippen LogP contribution >= 0.6 is 11.8 Å². The van der Waals surface area contributed by atoms with Gasteiger partial charge in [0.25, 0.3) is 5.91 Å². The highest BCUT2D eigenvalue weighted by molar-refractivity contribution is 8.01. The molecule has 0 aromatic heterocycles. The van der Waals surface area contributed by atoms with E-state index in [0.717, 1.165) is 23.3 Å². The molecule has 0 bridgehead atoms. The molecule has 2 aromatic rings. The number of carbonyl (C=O) groups is 2. The Kier molecular flexibility index (Phi) is 4.98. The van der Waals surface area contributed by atoms with Gasteiger partial charge in [-0.15, -0.1) is 11.8 Å². The summed E-state index contributed by atoms with van der Waals surface area (Å²) in [5.41, 5.74) is 2.91. The summed E-state index contributed by atoms with van der Waals surface area (Å²) in [6, 6.07) is 9.03. The number of benzene rings is 2. The first-order valence-electron chi connectivity index (χ1n) is 9.45. The number of nitrogens with zero attached hydrogens (tertiary/aromatic N) is 2. The van der Waals surface area contributed by atoms with E-state index < -0.39 is 16.5 Å². The van der Waals surface area contributed by atoms with Crippen molar-refractivity contribution in [3.8, 4) is 0 Å². The zero-order chi connectivity index (χ0) is 20.8. The summed E-state index contributed by atoms with van der Waals surface area (Å²) < 4.78 is 27.0. The summed E-state index contributed by atoms with van der Waals surface area (Å²) in [5.74, 6) is -1.48. The molecule has 3 amide bonds. The third-order valence-electron chi connectivity index (χ3n) is 5.25. The number of hydrogen-bond acceptors (Lipinski definition) is 3. The number of thioether (sulfide) groups is 1. The van der Waals surface area contributed by atoms with Gasteiger partial charge in [0.15, 0.2) is 16.5 Å². The predicted octanol–water partition coefficient (Wildman–Crippen LogP) is 3.75. The maximum Gasteiger partial charge on any atom is 0.319 e. The van der Waals surface area contributed by atoms with Crippen LogP contribution in [0.25, 0.3) is 0 Å². The van der Waals surface area contributed by atoms with Crippen LogP contribution in [0.5, 0.6) is 0 Å². The Bertz CT molecular complexity index is 1000. The molecule has 0 aliphatic carbocycles. The van der Waals surface area contributed by atoms with Crippen LogP contribution in [-0.2, 0) is 16.2 Å². The van der Waals surface area contributed by atoms with Crippen LogP contribution < -0.4 is 10.2 Å². The molecule has 8 heteroatoms. The third kappa shape index (κ3) is 3.06. The lowest BCUT2D eigenvalue weighted by Gasteiger charge is -2.33. The first kappa shape index (κ1) is 19.7. The maximum atomic E-state index is 13.7. The van der Waals surface area contributed by atoms with Gasteiger partial charge in [0, 0.05) is 24.4 Å². The molecule has 1 N–H and O–H groups in total. The second-order valence-electron chi connectivity index (χ2n) is 7.14. The molecule has 29 heavy (non-hydrogen) atoms. The predicted molar refractivity (Wildman–Crippen MR) is 109 cm³/mol. The van der Waals surface area contributed by atoms with E-state index in [-0.39, 0.29) is 18.5 Å². The van der Waals surface area contributed by atoms with E-state index in [1.807, 2.05) is 32.0 Å². The number of hydrogen-bond donors (Lipinski definition) is 1. The smallest absolute Gasteiger partial charge is 0.319 e. The van der Waals surface area contributed by atoms with Crippen molar-refractivity contribution in [2.24, 2.45) is 0 Å². The molecule has 2 aliphatic heterocycles. The van der Waals surface area contributed by atoms with Crippen LogP contribution in [0.15, 0.2) is 36.4 Å². The van der Waals surface area contributed by atoms with Gasteiger partial charge < -0.3 is 10.2 Å². The summed E-state index contributed by atoms with van der Waals surface area (Å²) in [4.78, 5) is 28.4. The highest BCUT2D eigenvalue weighted by Crippen LogP contribution is 2.54. The molecule has 1 spiro atoms. The zero-order valence-electron chi connectivity index (χ0n) is 16.2. The molecule has 0 radical (unpaired) electrons. The lowest BCUT2D eigenvalue weighted by molar-refractivity contribution is -0.123. The van der Waals surface area contributed by atoms with Crippen molar-refractivity contribution in [1.82, 2.24) is 10.2 Å². The SMILES string of the molecule is CCNC(=O)N1CCS[C@@]12C(=O)N(Cc1ccc(F)c(F)c1)c1ccc(C)cc12. The first-order valence-corrected chi connectivity index (χ1v) is 10.4. The molecular weight excluding hydrogens is 396 g/mol. The lowest BCUT2D eigenvalue weighted by Crippen LogP contribution is -2.53. The van der Waals surface area contributed by atoms with Gasteiger partial charge in [0.1, 0.15) is 0 Å². The Balaban J connectivity index is 1.79. The fourth-order valence-electron chi connectivity index (χ4n) is 3.95. The fourth-order valence-corrected chi connectivity index (χ4v) is 5.41. The quantitative estimate of drug-likeness (QED) is 0.828. The summed E-state index contributed by atoms with van der Waals surface area (Å²) in [6.45, 7) is 4.78. The van der Waals surface area contributed by atoms with Crippen molar-refractivity contribution in [2.45, 2.75) is 25.3 Å². The van der Waals surface area contributed by atoms with Gasteiger partial charge in [-0.05, 0) is 37.6 Å². The second-order valence-corrected chi connectivity index (χ2v) is 8.43. The minimum Gasteiger partial charge on any atom is -0.338 e. The maximum absolute atomic E-state index is 13.7. The van der Waals surface area contributed by atoms with Gasteiger partial charge in [-0.25, -0.2) is 13.6 Å². The number of halogens is 2. The minimum atomic E-state index is -1.14. The van der Waals surface area contributed by atoms with Crippen molar-refractivity contribution in [3.05, 3.63) is 64.7 Å². The molecular formula is C21H21F2N3O2S. The second kappa shape index (κ2) is 7.33. The van der Waals surface area contributed by atoms with Crippen LogP contribution in [0, 0.1) is 18.6 Å². The highest BCUT2D eigenvalue weighted by Gasteiger charge is 2.59. The molecule has 0 unspecified atom stereocenters. The minimum absolute atomic E-state index is 0.0949.